The Balaban J connectivity index is 2.15. The van der Waals surface area contributed by atoms with Gasteiger partial charge in [0.05, 0.1) is 0 Å². The van der Waals surface area contributed by atoms with Gasteiger partial charge in [-0.1, -0.05) is 0 Å². The van der Waals surface area contributed by atoms with Crippen molar-refractivity contribution >= 4 is 17.2 Å². The number of carbonyl (C=O) groups excluding carboxylic acids is 1. The second-order valence-electron chi connectivity index (χ2n) is 2.76. The van der Waals surface area contributed by atoms with Crippen molar-refractivity contribution in [1.29, 1.82) is 0 Å². The molecule has 3 nitrogen and oxygen atoms in total. The van der Waals surface area contributed by atoms with E-state index >= 15 is 0 Å². The zero-order valence-corrected chi connectivity index (χ0v) is 8.49. The summed E-state index contributed by atoms with van der Waals surface area (Å²) in [6, 6.07) is 2.02. The molecule has 0 radical (unpaired) electrons. The summed E-state index contributed by atoms with van der Waals surface area (Å²) in [7, 11) is 1.84. The topological polar surface area (TPSA) is 41.1 Å². The lowest BCUT2D eigenvalue weighted by molar-refractivity contribution is -0.121. The zero-order chi connectivity index (χ0) is 9.52. The molecule has 0 saturated carbocycles. The molecule has 0 aliphatic carbocycles. The predicted octanol–water partition coefficient (Wildman–Crippen LogP) is 0.974. The van der Waals surface area contributed by atoms with Gasteiger partial charge < -0.3 is 10.6 Å². The lowest BCUT2D eigenvalue weighted by Gasteiger charge is -2.02. The maximum Gasteiger partial charge on any atom is 0.221 e. The van der Waals surface area contributed by atoms with Crippen LogP contribution in [0.25, 0.3) is 0 Å². The molecule has 4 heteroatoms. The number of carbonyl (C=O) groups is 1. The van der Waals surface area contributed by atoms with Crippen molar-refractivity contribution in [3.05, 3.63) is 22.4 Å². The lowest BCUT2D eigenvalue weighted by Crippen LogP contribution is -2.25. The second kappa shape index (κ2) is 5.72. The Bertz CT molecular complexity index is 246. The summed E-state index contributed by atoms with van der Waals surface area (Å²) in [5.74, 6) is 0.0977. The highest BCUT2D eigenvalue weighted by Crippen LogP contribution is 2.04. The molecule has 0 aliphatic rings. The number of thiophene rings is 1. The van der Waals surface area contributed by atoms with Crippen molar-refractivity contribution in [1.82, 2.24) is 10.6 Å². The Morgan fingerprint density at radius 3 is 3.08 bits per heavy atom. The van der Waals surface area contributed by atoms with Crippen LogP contribution in [0.4, 0.5) is 0 Å². The summed E-state index contributed by atoms with van der Waals surface area (Å²) in [6.07, 6.45) is 0.542. The van der Waals surface area contributed by atoms with E-state index in [-0.39, 0.29) is 5.91 Å². The van der Waals surface area contributed by atoms with E-state index in [0.717, 1.165) is 6.54 Å². The van der Waals surface area contributed by atoms with Gasteiger partial charge in [-0.2, -0.15) is 11.3 Å². The van der Waals surface area contributed by atoms with Crippen LogP contribution in [0, 0.1) is 0 Å². The normalized spacial score (nSPS) is 9.92. The molecule has 72 valence electrons. The first-order chi connectivity index (χ1) is 6.33. The summed E-state index contributed by atoms with van der Waals surface area (Å²) < 4.78 is 0. The fourth-order valence-corrected chi connectivity index (χ4v) is 1.59. The van der Waals surface area contributed by atoms with E-state index in [1.165, 1.54) is 5.56 Å². The molecular weight excluding hydrogens is 184 g/mol. The molecule has 0 atom stereocenters. The van der Waals surface area contributed by atoms with Crippen LogP contribution in [-0.4, -0.2) is 19.5 Å². The van der Waals surface area contributed by atoms with Crippen molar-refractivity contribution < 1.29 is 4.79 Å². The van der Waals surface area contributed by atoms with Crippen LogP contribution in [0.15, 0.2) is 16.8 Å². The summed E-state index contributed by atoms with van der Waals surface area (Å²) in [5, 5.41) is 9.83. The summed E-state index contributed by atoms with van der Waals surface area (Å²) in [4.78, 5) is 11.1. The Hall–Kier alpha value is -0.870. The third kappa shape index (κ3) is 4.05. The third-order valence-electron chi connectivity index (χ3n) is 1.67. The highest BCUT2D eigenvalue weighted by Gasteiger charge is 1.99. The van der Waals surface area contributed by atoms with Gasteiger partial charge in [-0.15, -0.1) is 0 Å². The maximum atomic E-state index is 11.1. The minimum Gasteiger partial charge on any atom is -0.352 e. The van der Waals surface area contributed by atoms with Crippen molar-refractivity contribution in [3.8, 4) is 0 Å². The Labute approximate surface area is 82.2 Å². The van der Waals surface area contributed by atoms with Crippen LogP contribution >= 0.6 is 11.3 Å². The smallest absolute Gasteiger partial charge is 0.221 e. The SMILES string of the molecule is CNCCC(=O)NCc1ccsc1. The monoisotopic (exact) mass is 198 g/mol. The molecule has 0 spiro atoms. The van der Waals surface area contributed by atoms with E-state index in [2.05, 4.69) is 10.6 Å². The van der Waals surface area contributed by atoms with Crippen LogP contribution in [0.5, 0.6) is 0 Å². The molecule has 2 N–H and O–H groups in total. The average Bonchev–Trinajstić information content (AvgIpc) is 2.64. The molecule has 0 aliphatic heterocycles. The fourth-order valence-electron chi connectivity index (χ4n) is 0.921. The van der Waals surface area contributed by atoms with Gasteiger partial charge in [-0.25, -0.2) is 0 Å². The largest absolute Gasteiger partial charge is 0.352 e. The van der Waals surface area contributed by atoms with Crippen molar-refractivity contribution in [2.45, 2.75) is 13.0 Å². The van der Waals surface area contributed by atoms with Crippen LogP contribution in [0.3, 0.4) is 0 Å². The van der Waals surface area contributed by atoms with Crippen LogP contribution in [0.2, 0.25) is 0 Å². The van der Waals surface area contributed by atoms with E-state index in [0.29, 0.717) is 13.0 Å². The van der Waals surface area contributed by atoms with Crippen LogP contribution in [-0.2, 0) is 11.3 Å². The zero-order valence-electron chi connectivity index (χ0n) is 7.67. The Morgan fingerprint density at radius 1 is 1.62 bits per heavy atom. The van der Waals surface area contributed by atoms with Crippen molar-refractivity contribution in [2.75, 3.05) is 13.6 Å². The van der Waals surface area contributed by atoms with Gasteiger partial charge in [0.15, 0.2) is 0 Å². The average molecular weight is 198 g/mol. The highest BCUT2D eigenvalue weighted by atomic mass is 32.1. The molecule has 0 aromatic carbocycles. The predicted molar refractivity (Wildman–Crippen MR) is 54.7 cm³/mol. The van der Waals surface area contributed by atoms with Crippen LogP contribution < -0.4 is 10.6 Å². The van der Waals surface area contributed by atoms with Gasteiger partial charge in [0, 0.05) is 19.5 Å². The number of hydrogen-bond acceptors (Lipinski definition) is 3. The minimum absolute atomic E-state index is 0.0977. The van der Waals surface area contributed by atoms with E-state index in [4.69, 9.17) is 0 Å². The summed E-state index contributed by atoms with van der Waals surface area (Å²) in [6.45, 7) is 1.38. The van der Waals surface area contributed by atoms with Gasteiger partial charge in [0.1, 0.15) is 0 Å². The molecule has 1 aromatic heterocycles. The Morgan fingerprint density at radius 2 is 2.46 bits per heavy atom. The highest BCUT2D eigenvalue weighted by molar-refractivity contribution is 7.07. The maximum absolute atomic E-state index is 11.1. The van der Waals surface area contributed by atoms with Gasteiger partial charge in [-0.05, 0) is 29.4 Å². The number of amides is 1. The van der Waals surface area contributed by atoms with Gasteiger partial charge in [0.25, 0.3) is 0 Å². The first-order valence-corrected chi connectivity index (χ1v) is 5.19. The quantitative estimate of drug-likeness (QED) is 0.740. The van der Waals surface area contributed by atoms with Crippen molar-refractivity contribution in [3.63, 3.8) is 0 Å². The number of hydrogen-bond donors (Lipinski definition) is 2. The number of nitrogens with one attached hydrogen (secondary N) is 2. The third-order valence-corrected chi connectivity index (χ3v) is 2.40. The minimum atomic E-state index is 0.0977. The van der Waals surface area contributed by atoms with Gasteiger partial charge in [0.2, 0.25) is 5.91 Å². The molecule has 0 fully saturated rings. The fraction of sp³-hybridized carbons (Fsp3) is 0.444. The number of rotatable bonds is 5. The molecule has 0 unspecified atom stereocenters. The Kier molecular flexibility index (Phi) is 4.49. The van der Waals surface area contributed by atoms with Gasteiger partial charge >= 0.3 is 0 Å². The first-order valence-electron chi connectivity index (χ1n) is 4.25. The van der Waals surface area contributed by atoms with Crippen LogP contribution in [0.1, 0.15) is 12.0 Å². The summed E-state index contributed by atoms with van der Waals surface area (Å²) in [5.41, 5.74) is 1.17. The lowest BCUT2D eigenvalue weighted by atomic mass is 10.3. The molecular formula is C9H14N2OS. The molecule has 0 bridgehead atoms. The van der Waals surface area contributed by atoms with Gasteiger partial charge in [-0.3, -0.25) is 4.79 Å². The molecule has 1 rings (SSSR count). The molecule has 1 aromatic rings. The molecule has 0 saturated heterocycles. The van der Waals surface area contributed by atoms with E-state index in [9.17, 15) is 4.79 Å². The molecule has 1 heterocycles. The van der Waals surface area contributed by atoms with E-state index in [1.807, 2.05) is 23.9 Å². The van der Waals surface area contributed by atoms with E-state index in [1.54, 1.807) is 11.3 Å². The summed E-state index contributed by atoms with van der Waals surface area (Å²) >= 11 is 1.65. The molecule has 1 amide bonds. The van der Waals surface area contributed by atoms with E-state index < -0.39 is 0 Å². The standard InChI is InChI=1S/C9H14N2OS/c1-10-4-2-9(12)11-6-8-3-5-13-7-8/h3,5,7,10H,2,4,6H2,1H3,(H,11,12). The first kappa shape index (κ1) is 10.2. The second-order valence-corrected chi connectivity index (χ2v) is 3.54. The molecule has 13 heavy (non-hydrogen) atoms. The van der Waals surface area contributed by atoms with Crippen molar-refractivity contribution in [2.24, 2.45) is 0 Å².